The molecule has 6 nitrogen and oxygen atoms in total. The van der Waals surface area contributed by atoms with Crippen LogP contribution in [0.5, 0.6) is 0 Å². The Kier molecular flexibility index (Phi) is 2.63. The van der Waals surface area contributed by atoms with Gasteiger partial charge in [-0.25, -0.2) is 9.59 Å². The minimum Gasteiger partial charge on any atom is -0.477 e. The van der Waals surface area contributed by atoms with Crippen molar-refractivity contribution in [1.29, 1.82) is 0 Å². The number of aryl methyl sites for hydroxylation is 1. The highest BCUT2D eigenvalue weighted by atomic mass is 16.4. The standard InChI is InChI=1S/C12H9NO5/c1-5-2-3-6-7(4-5)13-9(12(17)18)8(10(6)14)11(15)16/h2-4H,1H3,(H,13,14)(H,15,16)(H,17,18). The molecule has 0 saturated heterocycles. The molecule has 2 rings (SSSR count). The molecular weight excluding hydrogens is 238 g/mol. The molecule has 6 heteroatoms. The molecular formula is C12H9NO5. The number of fused-ring (bicyclic) bond motifs is 1. The van der Waals surface area contributed by atoms with Gasteiger partial charge in [-0.1, -0.05) is 6.07 Å². The van der Waals surface area contributed by atoms with E-state index in [-0.39, 0.29) is 5.39 Å². The molecule has 0 unspecified atom stereocenters. The molecule has 3 N–H and O–H groups in total. The summed E-state index contributed by atoms with van der Waals surface area (Å²) >= 11 is 0. The van der Waals surface area contributed by atoms with Crippen molar-refractivity contribution in [2.45, 2.75) is 6.92 Å². The Morgan fingerprint density at radius 1 is 1.17 bits per heavy atom. The molecule has 0 spiro atoms. The molecule has 18 heavy (non-hydrogen) atoms. The first-order chi connectivity index (χ1) is 8.41. The van der Waals surface area contributed by atoms with Gasteiger partial charge in [-0.3, -0.25) is 4.79 Å². The second-order valence-electron chi connectivity index (χ2n) is 3.86. The van der Waals surface area contributed by atoms with Crippen molar-refractivity contribution in [3.05, 3.63) is 45.2 Å². The number of carboxylic acids is 2. The first kappa shape index (κ1) is 11.8. The molecule has 0 atom stereocenters. The number of carbonyl (C=O) groups is 2. The summed E-state index contributed by atoms with van der Waals surface area (Å²) in [4.78, 5) is 36.4. The van der Waals surface area contributed by atoms with Gasteiger partial charge in [0, 0.05) is 5.39 Å². The summed E-state index contributed by atoms with van der Waals surface area (Å²) < 4.78 is 0. The lowest BCUT2D eigenvalue weighted by atomic mass is 10.1. The van der Waals surface area contributed by atoms with Gasteiger partial charge in [0.1, 0.15) is 11.3 Å². The molecule has 0 bridgehead atoms. The SMILES string of the molecule is Cc1ccc2c(=O)c(C(=O)O)c(C(=O)O)[nH]c2c1. The Labute approximate surface area is 101 Å². The highest BCUT2D eigenvalue weighted by Gasteiger charge is 2.22. The van der Waals surface area contributed by atoms with Gasteiger partial charge in [-0.15, -0.1) is 0 Å². The molecule has 92 valence electrons. The Balaban J connectivity index is 2.99. The lowest BCUT2D eigenvalue weighted by Gasteiger charge is -2.05. The lowest BCUT2D eigenvalue weighted by Crippen LogP contribution is -2.22. The Bertz CT molecular complexity index is 729. The zero-order valence-electron chi connectivity index (χ0n) is 9.35. The van der Waals surface area contributed by atoms with E-state index in [0.29, 0.717) is 5.52 Å². The van der Waals surface area contributed by atoms with Crippen molar-refractivity contribution in [2.75, 3.05) is 0 Å². The van der Waals surface area contributed by atoms with E-state index >= 15 is 0 Å². The van der Waals surface area contributed by atoms with Gasteiger partial charge < -0.3 is 15.2 Å². The number of aromatic nitrogens is 1. The second-order valence-corrected chi connectivity index (χ2v) is 3.86. The van der Waals surface area contributed by atoms with Gasteiger partial charge in [0.15, 0.2) is 0 Å². The van der Waals surface area contributed by atoms with Crippen LogP contribution in [-0.2, 0) is 0 Å². The third kappa shape index (κ3) is 1.73. The van der Waals surface area contributed by atoms with Crippen LogP contribution >= 0.6 is 0 Å². The minimum atomic E-state index is -1.56. The predicted octanol–water partition coefficient (Wildman–Crippen LogP) is 1.23. The van der Waals surface area contributed by atoms with E-state index in [4.69, 9.17) is 10.2 Å². The zero-order chi connectivity index (χ0) is 13.4. The maximum absolute atomic E-state index is 11.9. The van der Waals surface area contributed by atoms with E-state index in [9.17, 15) is 14.4 Å². The molecule has 1 heterocycles. The van der Waals surface area contributed by atoms with Crippen LogP contribution in [0.4, 0.5) is 0 Å². The van der Waals surface area contributed by atoms with Crippen LogP contribution in [0.2, 0.25) is 0 Å². The van der Waals surface area contributed by atoms with Gasteiger partial charge in [0.05, 0.1) is 5.52 Å². The van der Waals surface area contributed by atoms with E-state index < -0.39 is 28.6 Å². The summed E-state index contributed by atoms with van der Waals surface area (Å²) in [5.74, 6) is -3.04. The van der Waals surface area contributed by atoms with Crippen molar-refractivity contribution in [3.8, 4) is 0 Å². The quantitative estimate of drug-likeness (QED) is 0.739. The maximum atomic E-state index is 11.9. The molecule has 1 aromatic heterocycles. The molecule has 1 aromatic carbocycles. The Morgan fingerprint density at radius 3 is 2.39 bits per heavy atom. The smallest absolute Gasteiger partial charge is 0.353 e. The fraction of sp³-hybridized carbons (Fsp3) is 0.0833. The van der Waals surface area contributed by atoms with Crippen LogP contribution in [0.15, 0.2) is 23.0 Å². The van der Waals surface area contributed by atoms with Crippen molar-refractivity contribution < 1.29 is 19.8 Å². The van der Waals surface area contributed by atoms with Gasteiger partial charge in [0.25, 0.3) is 0 Å². The third-order valence-corrected chi connectivity index (χ3v) is 2.58. The number of rotatable bonds is 2. The van der Waals surface area contributed by atoms with Crippen molar-refractivity contribution >= 4 is 22.8 Å². The van der Waals surface area contributed by atoms with Crippen molar-refractivity contribution in [3.63, 3.8) is 0 Å². The summed E-state index contributed by atoms with van der Waals surface area (Å²) in [7, 11) is 0. The number of aromatic carboxylic acids is 2. The summed E-state index contributed by atoms with van der Waals surface area (Å²) in [6.07, 6.45) is 0. The largest absolute Gasteiger partial charge is 0.477 e. The van der Waals surface area contributed by atoms with Crippen LogP contribution in [0, 0.1) is 6.92 Å². The maximum Gasteiger partial charge on any atom is 0.353 e. The van der Waals surface area contributed by atoms with E-state index in [1.54, 1.807) is 19.1 Å². The normalized spacial score (nSPS) is 10.5. The number of H-pyrrole nitrogens is 1. The number of nitrogens with one attached hydrogen (secondary N) is 1. The highest BCUT2D eigenvalue weighted by Crippen LogP contribution is 2.13. The van der Waals surface area contributed by atoms with Gasteiger partial charge in [-0.2, -0.15) is 0 Å². The number of pyridine rings is 1. The number of hydrogen-bond donors (Lipinski definition) is 3. The summed E-state index contributed by atoms with van der Waals surface area (Å²) in [6.45, 7) is 1.78. The minimum absolute atomic E-state index is 0.156. The van der Waals surface area contributed by atoms with Crippen molar-refractivity contribution in [1.82, 2.24) is 4.98 Å². The fourth-order valence-electron chi connectivity index (χ4n) is 1.77. The van der Waals surface area contributed by atoms with Gasteiger partial charge >= 0.3 is 11.9 Å². The average Bonchev–Trinajstić information content (AvgIpc) is 2.27. The molecule has 0 aliphatic carbocycles. The molecule has 0 radical (unpaired) electrons. The van der Waals surface area contributed by atoms with Crippen LogP contribution in [-0.4, -0.2) is 27.1 Å². The fourth-order valence-corrected chi connectivity index (χ4v) is 1.77. The first-order valence-corrected chi connectivity index (χ1v) is 5.05. The molecule has 0 aliphatic heterocycles. The van der Waals surface area contributed by atoms with Crippen LogP contribution < -0.4 is 5.43 Å². The lowest BCUT2D eigenvalue weighted by molar-refractivity contribution is 0.0646. The Morgan fingerprint density at radius 2 is 1.83 bits per heavy atom. The van der Waals surface area contributed by atoms with E-state index in [2.05, 4.69) is 4.98 Å². The molecule has 0 fully saturated rings. The predicted molar refractivity (Wildman–Crippen MR) is 63.2 cm³/mol. The van der Waals surface area contributed by atoms with Gasteiger partial charge in [0.2, 0.25) is 5.43 Å². The van der Waals surface area contributed by atoms with Crippen LogP contribution in [0.25, 0.3) is 10.9 Å². The average molecular weight is 247 g/mol. The number of carboxylic acid groups (broad SMARTS) is 2. The van der Waals surface area contributed by atoms with Crippen LogP contribution in [0.1, 0.15) is 26.4 Å². The molecule has 0 aliphatic rings. The second kappa shape index (κ2) is 3.99. The zero-order valence-corrected chi connectivity index (χ0v) is 9.35. The summed E-state index contributed by atoms with van der Waals surface area (Å²) in [5, 5.41) is 18.0. The number of aromatic amines is 1. The number of hydrogen-bond acceptors (Lipinski definition) is 3. The third-order valence-electron chi connectivity index (χ3n) is 2.58. The first-order valence-electron chi connectivity index (χ1n) is 5.05. The molecule has 0 amide bonds. The summed E-state index contributed by atoms with van der Waals surface area (Å²) in [6, 6.07) is 4.72. The van der Waals surface area contributed by atoms with E-state index in [1.807, 2.05) is 0 Å². The number of benzene rings is 1. The molecule has 0 saturated carbocycles. The highest BCUT2D eigenvalue weighted by molar-refractivity contribution is 6.03. The van der Waals surface area contributed by atoms with E-state index in [1.165, 1.54) is 6.07 Å². The monoisotopic (exact) mass is 247 g/mol. The topological polar surface area (TPSA) is 107 Å². The Hall–Kier alpha value is -2.63. The summed E-state index contributed by atoms with van der Waals surface area (Å²) in [5.41, 5.74) is -1.02. The van der Waals surface area contributed by atoms with Crippen molar-refractivity contribution in [2.24, 2.45) is 0 Å². The van der Waals surface area contributed by atoms with Crippen LogP contribution in [0.3, 0.4) is 0 Å². The van der Waals surface area contributed by atoms with Gasteiger partial charge in [-0.05, 0) is 24.6 Å². The molecule has 2 aromatic rings. The van der Waals surface area contributed by atoms with E-state index in [0.717, 1.165) is 5.56 Å².